The first-order valence-electron chi connectivity index (χ1n) is 19.6. The van der Waals surface area contributed by atoms with Gasteiger partial charge in [-0.25, -0.2) is 9.59 Å². The number of urea groups is 2. The minimum absolute atomic E-state index is 0.101. The molecule has 2 aliphatic rings. The van der Waals surface area contributed by atoms with Crippen molar-refractivity contribution in [2.45, 2.75) is 39.8 Å². The van der Waals surface area contributed by atoms with Crippen LogP contribution in [0.3, 0.4) is 0 Å². The van der Waals surface area contributed by atoms with Crippen molar-refractivity contribution < 1.29 is 28.1 Å². The van der Waals surface area contributed by atoms with E-state index in [9.17, 15) is 9.59 Å². The van der Waals surface area contributed by atoms with E-state index in [0.717, 1.165) is 78.8 Å². The van der Waals surface area contributed by atoms with Crippen LogP contribution in [0.2, 0.25) is 0 Å². The number of rotatable bonds is 13. The number of hydrogen-bond donors (Lipinski definition) is 0. The van der Waals surface area contributed by atoms with Crippen LogP contribution in [-0.2, 0) is 9.47 Å². The van der Waals surface area contributed by atoms with Gasteiger partial charge in [0.15, 0.2) is 0 Å². The lowest BCUT2D eigenvalue weighted by Gasteiger charge is -2.42. The molecule has 4 amide bonds. The van der Waals surface area contributed by atoms with Crippen LogP contribution in [0.15, 0.2) is 106 Å². The molecule has 4 aromatic carbocycles. The van der Waals surface area contributed by atoms with Crippen molar-refractivity contribution in [1.82, 2.24) is 20.1 Å². The third-order valence-corrected chi connectivity index (χ3v) is 11.3. The first-order chi connectivity index (χ1) is 28.1. The summed E-state index contributed by atoms with van der Waals surface area (Å²) in [5.41, 5.74) is 11.3. The first kappa shape index (κ1) is 38.6. The van der Waals surface area contributed by atoms with Gasteiger partial charge in [0, 0.05) is 49.4 Å². The van der Waals surface area contributed by atoms with Crippen molar-refractivity contribution in [2.75, 3.05) is 63.4 Å². The lowest BCUT2D eigenvalue weighted by atomic mass is 9.90. The van der Waals surface area contributed by atoms with Crippen LogP contribution >= 0.6 is 0 Å². The summed E-state index contributed by atoms with van der Waals surface area (Å²) in [5.74, 6) is 1.50. The van der Waals surface area contributed by atoms with Crippen LogP contribution < -0.4 is 9.80 Å². The van der Waals surface area contributed by atoms with Gasteiger partial charge >= 0.3 is 12.1 Å². The van der Waals surface area contributed by atoms with Gasteiger partial charge in [-0.3, -0.25) is 9.80 Å². The Kier molecular flexibility index (Phi) is 10.9. The Morgan fingerprint density at radius 3 is 1.31 bits per heavy atom. The molecule has 2 unspecified atom stereocenters. The largest absolute Gasteiger partial charge is 0.377 e. The number of nitrogens with zero attached hydrogens (tertiary/aromatic N) is 6. The molecule has 12 nitrogen and oxygen atoms in total. The van der Waals surface area contributed by atoms with E-state index >= 15 is 0 Å². The average Bonchev–Trinajstić information content (AvgIpc) is 3.76. The predicted octanol–water partition coefficient (Wildman–Crippen LogP) is 8.89. The van der Waals surface area contributed by atoms with Gasteiger partial charge in [-0.2, -0.15) is 0 Å². The van der Waals surface area contributed by atoms with E-state index in [1.54, 1.807) is 9.80 Å². The standard InChI is InChI=1S/C46H48N6O6/c1-29-41(31(3)57-47-29)35-17-19-39-37(27-35)43(33-13-9-7-10-14-33)51(45(53)49(39)5)21-23-55-25-26-56-24-22-52-44(34-15-11-8-12-16-34)38-28-36(42-30(2)48-58-32(42)4)18-20-40(38)50(6)46(52)54/h7-20,27-28,43-44H,21-26H2,1-6H3. The summed E-state index contributed by atoms with van der Waals surface area (Å²) in [6.07, 6.45) is 0. The van der Waals surface area contributed by atoms with Gasteiger partial charge in [0.2, 0.25) is 0 Å². The highest BCUT2D eigenvalue weighted by atomic mass is 16.5. The molecule has 0 spiro atoms. The van der Waals surface area contributed by atoms with Crippen molar-refractivity contribution in [2.24, 2.45) is 0 Å². The number of aromatic nitrogens is 2. The van der Waals surface area contributed by atoms with Gasteiger partial charge in [-0.1, -0.05) is 83.1 Å². The molecule has 0 N–H and O–H groups in total. The molecule has 2 aliphatic heterocycles. The van der Waals surface area contributed by atoms with E-state index in [-0.39, 0.29) is 24.1 Å². The minimum Gasteiger partial charge on any atom is -0.377 e. The molecule has 0 bridgehead atoms. The van der Waals surface area contributed by atoms with Gasteiger partial charge in [-0.15, -0.1) is 0 Å². The van der Waals surface area contributed by atoms with E-state index < -0.39 is 0 Å². The van der Waals surface area contributed by atoms with Gasteiger partial charge in [0.25, 0.3) is 0 Å². The quantitative estimate of drug-likeness (QED) is 0.107. The Hall–Kier alpha value is -6.24. The topological polar surface area (TPSA) is 118 Å². The highest BCUT2D eigenvalue weighted by molar-refractivity contribution is 5.97. The number of ether oxygens (including phenoxy) is 2. The summed E-state index contributed by atoms with van der Waals surface area (Å²) >= 11 is 0. The number of benzene rings is 4. The number of hydrogen-bond acceptors (Lipinski definition) is 8. The van der Waals surface area contributed by atoms with Crippen molar-refractivity contribution in [3.8, 4) is 22.3 Å². The van der Waals surface area contributed by atoms with Crippen LogP contribution in [0.1, 0.15) is 57.2 Å². The van der Waals surface area contributed by atoms with E-state index in [0.29, 0.717) is 39.5 Å². The van der Waals surface area contributed by atoms with Crippen LogP contribution in [-0.4, -0.2) is 85.8 Å². The second kappa shape index (κ2) is 16.3. The molecule has 0 aliphatic carbocycles. The molecule has 8 rings (SSSR count). The molecule has 4 heterocycles. The molecule has 0 fully saturated rings. The zero-order valence-electron chi connectivity index (χ0n) is 33.8. The maximum Gasteiger partial charge on any atom is 0.325 e. The minimum atomic E-state index is -0.316. The molecule has 0 saturated carbocycles. The van der Waals surface area contributed by atoms with E-state index in [4.69, 9.17) is 18.5 Å². The number of aryl methyl sites for hydroxylation is 4. The van der Waals surface area contributed by atoms with Crippen LogP contribution in [0.5, 0.6) is 0 Å². The molecular weight excluding hydrogens is 733 g/mol. The second-order valence-electron chi connectivity index (χ2n) is 14.9. The maximum absolute atomic E-state index is 13.9. The number of anilines is 2. The Labute approximate surface area is 338 Å². The Balaban J connectivity index is 0.927. The fraction of sp³-hybridized carbons (Fsp3) is 0.304. The maximum atomic E-state index is 13.9. The molecule has 0 radical (unpaired) electrons. The summed E-state index contributed by atoms with van der Waals surface area (Å²) < 4.78 is 23.1. The molecule has 2 atom stereocenters. The molecule has 298 valence electrons. The highest BCUT2D eigenvalue weighted by Gasteiger charge is 2.39. The van der Waals surface area contributed by atoms with Crippen molar-refractivity contribution in [3.63, 3.8) is 0 Å². The Bertz CT molecular complexity index is 2220. The zero-order valence-corrected chi connectivity index (χ0v) is 33.8. The summed E-state index contributed by atoms with van der Waals surface area (Å²) in [5, 5.41) is 8.34. The fourth-order valence-electron chi connectivity index (χ4n) is 8.49. The first-order valence-corrected chi connectivity index (χ1v) is 19.6. The van der Waals surface area contributed by atoms with Crippen LogP contribution in [0.4, 0.5) is 21.0 Å². The molecule has 12 heteroatoms. The smallest absolute Gasteiger partial charge is 0.325 e. The summed E-state index contributed by atoms with van der Waals surface area (Å²) in [6, 6.07) is 31.7. The monoisotopic (exact) mass is 780 g/mol. The Morgan fingerprint density at radius 2 is 0.948 bits per heavy atom. The van der Waals surface area contributed by atoms with Crippen molar-refractivity contribution in [3.05, 3.63) is 142 Å². The number of carbonyl (C=O) groups excluding carboxylic acids is 2. The van der Waals surface area contributed by atoms with Crippen LogP contribution in [0.25, 0.3) is 22.3 Å². The summed E-state index contributed by atoms with van der Waals surface area (Å²) in [4.78, 5) is 35.0. The average molecular weight is 781 g/mol. The molecule has 58 heavy (non-hydrogen) atoms. The highest BCUT2D eigenvalue weighted by Crippen LogP contribution is 2.44. The predicted molar refractivity (Wildman–Crippen MR) is 222 cm³/mol. The third kappa shape index (κ3) is 7.14. The summed E-state index contributed by atoms with van der Waals surface area (Å²) in [7, 11) is 3.62. The van der Waals surface area contributed by atoms with E-state index in [1.807, 2.05) is 112 Å². The zero-order chi connectivity index (χ0) is 40.5. The number of amides is 4. The number of carbonyl (C=O) groups is 2. The van der Waals surface area contributed by atoms with Gasteiger partial charge in [0.05, 0.1) is 61.3 Å². The fourth-order valence-corrected chi connectivity index (χ4v) is 8.49. The van der Waals surface area contributed by atoms with E-state index in [2.05, 4.69) is 46.7 Å². The second-order valence-corrected chi connectivity index (χ2v) is 14.9. The SMILES string of the molecule is Cc1noc(C)c1-c1ccc2c(c1)C(c1ccccc1)N(CCOCCOCCN1C(=O)N(C)c3ccc(-c4c(C)noc4C)cc3C1c1ccccc1)C(=O)N2C. The summed E-state index contributed by atoms with van der Waals surface area (Å²) in [6.45, 7) is 9.76. The van der Waals surface area contributed by atoms with Crippen LogP contribution in [0, 0.1) is 27.7 Å². The molecule has 2 aromatic heterocycles. The third-order valence-electron chi connectivity index (χ3n) is 11.3. The normalized spacial score (nSPS) is 16.6. The van der Waals surface area contributed by atoms with Crippen molar-refractivity contribution in [1.29, 1.82) is 0 Å². The number of fused-ring (bicyclic) bond motifs is 2. The van der Waals surface area contributed by atoms with Gasteiger partial charge < -0.3 is 28.3 Å². The van der Waals surface area contributed by atoms with Crippen molar-refractivity contribution >= 4 is 23.4 Å². The van der Waals surface area contributed by atoms with Gasteiger partial charge in [0.1, 0.15) is 11.5 Å². The van der Waals surface area contributed by atoms with Gasteiger partial charge in [-0.05, 0) is 74.2 Å². The van der Waals surface area contributed by atoms with E-state index in [1.165, 1.54) is 0 Å². The Morgan fingerprint density at radius 1 is 0.552 bits per heavy atom. The molecule has 0 saturated heterocycles. The lowest BCUT2D eigenvalue weighted by molar-refractivity contribution is 0.0329. The lowest BCUT2D eigenvalue weighted by Crippen LogP contribution is -2.49. The molecule has 6 aromatic rings. The molecular formula is C46H48N6O6.